The second kappa shape index (κ2) is 8.44. The Labute approximate surface area is 195 Å². The van der Waals surface area contributed by atoms with Gasteiger partial charge in [-0.15, -0.1) is 0 Å². The average molecular weight is 446 g/mol. The Hall–Kier alpha value is -2.95. The summed E-state index contributed by atoms with van der Waals surface area (Å²) >= 11 is 0. The minimum atomic E-state index is -0.847. The van der Waals surface area contributed by atoms with Crippen LogP contribution in [0.1, 0.15) is 74.1 Å². The van der Waals surface area contributed by atoms with Gasteiger partial charge in [0, 0.05) is 11.8 Å². The molecule has 1 aliphatic heterocycles. The first-order valence-electron chi connectivity index (χ1n) is 12.2. The lowest BCUT2D eigenvalue weighted by Gasteiger charge is -2.45. The molecule has 172 valence electrons. The third-order valence-corrected chi connectivity index (χ3v) is 7.46. The predicted molar refractivity (Wildman–Crippen MR) is 125 cm³/mol. The lowest BCUT2D eigenvalue weighted by Crippen LogP contribution is -2.46. The molecular weight excluding hydrogens is 414 g/mol. The number of hydrogen-bond donors (Lipinski definition) is 0. The first-order chi connectivity index (χ1) is 16.0. The van der Waals surface area contributed by atoms with Gasteiger partial charge in [-0.1, -0.05) is 82.1 Å². The number of amides is 2. The number of imide groups is 1. The Morgan fingerprint density at radius 3 is 1.73 bits per heavy atom. The van der Waals surface area contributed by atoms with Crippen molar-refractivity contribution in [3.8, 4) is 0 Å². The summed E-state index contributed by atoms with van der Waals surface area (Å²) in [5, 5.41) is 0. The maximum Gasteiger partial charge on any atom is 0.329 e. The molecular formula is C28H31NO4. The summed E-state index contributed by atoms with van der Waals surface area (Å²) in [7, 11) is 0. The van der Waals surface area contributed by atoms with Crippen molar-refractivity contribution in [2.75, 3.05) is 6.61 Å². The largest absolute Gasteiger partial charge is 0.464 e. The van der Waals surface area contributed by atoms with E-state index in [1.807, 2.05) is 45.0 Å². The van der Waals surface area contributed by atoms with E-state index in [1.54, 1.807) is 0 Å². The van der Waals surface area contributed by atoms with Crippen LogP contribution in [0.4, 0.5) is 0 Å². The van der Waals surface area contributed by atoms with E-state index in [1.165, 1.54) is 4.90 Å². The molecule has 0 unspecified atom stereocenters. The summed E-state index contributed by atoms with van der Waals surface area (Å²) in [6.07, 6.45) is 2.07. The summed E-state index contributed by atoms with van der Waals surface area (Å²) in [6, 6.07) is 15.5. The van der Waals surface area contributed by atoms with Crippen molar-refractivity contribution in [1.29, 1.82) is 0 Å². The molecule has 2 aromatic carbocycles. The minimum Gasteiger partial charge on any atom is -0.464 e. The predicted octanol–water partition coefficient (Wildman–Crippen LogP) is 4.64. The average Bonchev–Trinajstić information content (AvgIpc) is 3.09. The van der Waals surface area contributed by atoms with E-state index in [2.05, 4.69) is 24.3 Å². The van der Waals surface area contributed by atoms with Crippen molar-refractivity contribution in [3.05, 3.63) is 70.8 Å². The van der Waals surface area contributed by atoms with Gasteiger partial charge in [0.15, 0.2) is 0 Å². The molecule has 5 heteroatoms. The van der Waals surface area contributed by atoms with Gasteiger partial charge in [0.2, 0.25) is 11.8 Å². The van der Waals surface area contributed by atoms with Gasteiger partial charge in [-0.3, -0.25) is 14.5 Å². The van der Waals surface area contributed by atoms with E-state index < -0.39 is 23.8 Å². The molecule has 6 rings (SSSR count). The first kappa shape index (κ1) is 21.9. The number of benzene rings is 2. The molecule has 4 aliphatic rings. The summed E-state index contributed by atoms with van der Waals surface area (Å²) in [4.78, 5) is 42.2. The number of nitrogens with zero attached hydrogens (tertiary/aromatic N) is 1. The highest BCUT2D eigenvalue weighted by atomic mass is 16.5. The van der Waals surface area contributed by atoms with Gasteiger partial charge in [0.05, 0.1) is 18.4 Å². The third-order valence-electron chi connectivity index (χ3n) is 7.46. The number of rotatable bonds is 7. The molecule has 1 heterocycles. The lowest BCUT2D eigenvalue weighted by molar-refractivity contribution is -0.160. The SMILES string of the molecule is CCCC[C@@H](C(=O)OCC(C)C)N1C(=O)[C@@H]2C3c4ccccc4C(c4ccccc43)[C@@H]2C1=O. The highest BCUT2D eigenvalue weighted by Gasteiger charge is 2.63. The van der Waals surface area contributed by atoms with Crippen LogP contribution in [0.2, 0.25) is 0 Å². The number of unbranched alkanes of at least 4 members (excludes halogenated alkanes) is 1. The standard InChI is InChI=1S/C28H31NO4/c1-4-5-14-21(28(32)33-15-16(2)3)29-26(30)24-22-17-10-6-7-11-18(17)23(25(24)27(29)31)20-13-9-8-12-19(20)22/h6-13,16,21-25H,4-5,14-15H2,1-3H3/t21-,22?,23?,24-,25+/m0/s1. The second-order valence-corrected chi connectivity index (χ2v) is 9.99. The molecule has 0 radical (unpaired) electrons. The topological polar surface area (TPSA) is 63.7 Å². The van der Waals surface area contributed by atoms with Crippen molar-refractivity contribution in [1.82, 2.24) is 4.90 Å². The minimum absolute atomic E-state index is 0.160. The van der Waals surface area contributed by atoms with Crippen LogP contribution in [-0.4, -0.2) is 35.3 Å². The molecule has 3 atom stereocenters. The summed E-state index contributed by atoms with van der Waals surface area (Å²) in [5.41, 5.74) is 4.55. The van der Waals surface area contributed by atoms with E-state index in [0.29, 0.717) is 6.42 Å². The van der Waals surface area contributed by atoms with E-state index in [-0.39, 0.29) is 36.2 Å². The first-order valence-corrected chi connectivity index (χ1v) is 12.2. The molecule has 3 aliphatic carbocycles. The highest BCUT2D eigenvalue weighted by molar-refractivity contribution is 6.10. The van der Waals surface area contributed by atoms with Crippen LogP contribution in [0.25, 0.3) is 0 Å². The fourth-order valence-corrected chi connectivity index (χ4v) is 6.10. The Morgan fingerprint density at radius 1 is 0.879 bits per heavy atom. The second-order valence-electron chi connectivity index (χ2n) is 9.99. The zero-order valence-electron chi connectivity index (χ0n) is 19.5. The van der Waals surface area contributed by atoms with Crippen molar-refractivity contribution >= 4 is 17.8 Å². The molecule has 33 heavy (non-hydrogen) atoms. The molecule has 2 amide bonds. The Morgan fingerprint density at radius 2 is 1.33 bits per heavy atom. The molecule has 2 aromatic rings. The van der Waals surface area contributed by atoms with Crippen molar-refractivity contribution < 1.29 is 19.1 Å². The molecule has 0 aromatic heterocycles. The van der Waals surface area contributed by atoms with Crippen LogP contribution >= 0.6 is 0 Å². The molecule has 0 N–H and O–H groups in total. The van der Waals surface area contributed by atoms with Gasteiger partial charge in [0.1, 0.15) is 6.04 Å². The van der Waals surface area contributed by atoms with Crippen molar-refractivity contribution in [3.63, 3.8) is 0 Å². The van der Waals surface area contributed by atoms with Crippen LogP contribution < -0.4 is 0 Å². The van der Waals surface area contributed by atoms with E-state index in [4.69, 9.17) is 4.74 Å². The molecule has 5 nitrogen and oxygen atoms in total. The zero-order valence-corrected chi connectivity index (χ0v) is 19.5. The van der Waals surface area contributed by atoms with Crippen LogP contribution in [-0.2, 0) is 19.1 Å². The Balaban J connectivity index is 1.56. The van der Waals surface area contributed by atoms with E-state index in [0.717, 1.165) is 35.1 Å². The van der Waals surface area contributed by atoms with Crippen LogP contribution in [0.3, 0.4) is 0 Å². The van der Waals surface area contributed by atoms with Crippen LogP contribution in [0.15, 0.2) is 48.5 Å². The molecule has 0 saturated carbocycles. The molecule has 1 saturated heterocycles. The fourth-order valence-electron chi connectivity index (χ4n) is 6.10. The zero-order chi connectivity index (χ0) is 23.3. The fraction of sp³-hybridized carbons (Fsp3) is 0.464. The molecule has 1 fully saturated rings. The monoisotopic (exact) mass is 445 g/mol. The lowest BCUT2D eigenvalue weighted by atomic mass is 9.55. The highest BCUT2D eigenvalue weighted by Crippen LogP contribution is 2.61. The molecule has 0 spiro atoms. The summed E-state index contributed by atoms with van der Waals surface area (Å²) in [5.74, 6) is -1.95. The number of likely N-dealkylation sites (tertiary alicyclic amines) is 1. The smallest absolute Gasteiger partial charge is 0.329 e. The number of hydrogen-bond acceptors (Lipinski definition) is 4. The molecule has 2 bridgehead atoms. The number of carbonyl (C=O) groups is 3. The normalized spacial score (nSPS) is 25.6. The summed E-state index contributed by atoms with van der Waals surface area (Å²) < 4.78 is 5.53. The quantitative estimate of drug-likeness (QED) is 0.460. The van der Waals surface area contributed by atoms with E-state index in [9.17, 15) is 14.4 Å². The van der Waals surface area contributed by atoms with Gasteiger partial charge < -0.3 is 4.74 Å². The van der Waals surface area contributed by atoms with Gasteiger partial charge in [-0.2, -0.15) is 0 Å². The van der Waals surface area contributed by atoms with Gasteiger partial charge in [-0.25, -0.2) is 4.79 Å². The number of ether oxygens (including phenoxy) is 1. The Kier molecular flexibility index (Phi) is 5.59. The number of esters is 1. The van der Waals surface area contributed by atoms with Gasteiger partial charge >= 0.3 is 5.97 Å². The number of carbonyl (C=O) groups excluding carboxylic acids is 3. The maximum absolute atomic E-state index is 13.9. The van der Waals surface area contributed by atoms with Gasteiger partial charge in [-0.05, 0) is 34.6 Å². The van der Waals surface area contributed by atoms with Crippen molar-refractivity contribution in [2.45, 2.75) is 57.9 Å². The maximum atomic E-state index is 13.9. The van der Waals surface area contributed by atoms with E-state index >= 15 is 0 Å². The van der Waals surface area contributed by atoms with Crippen LogP contribution in [0, 0.1) is 17.8 Å². The Bertz CT molecular complexity index is 991. The van der Waals surface area contributed by atoms with Gasteiger partial charge in [0.25, 0.3) is 0 Å². The van der Waals surface area contributed by atoms with Crippen molar-refractivity contribution in [2.24, 2.45) is 17.8 Å². The third kappa shape index (κ3) is 3.32. The van der Waals surface area contributed by atoms with Crippen LogP contribution in [0.5, 0.6) is 0 Å². The summed E-state index contributed by atoms with van der Waals surface area (Å²) in [6.45, 7) is 6.27.